The van der Waals surface area contributed by atoms with E-state index >= 15 is 0 Å². The van der Waals surface area contributed by atoms with Gasteiger partial charge in [0, 0.05) is 0 Å². The standard InChI is InChI=1S/C9H21ClO3PSe/c1-7(2)11-14(15-10,12-8(3)4)13-9(5)6/h7-9H,1-6H3/q+1. The fourth-order valence-electron chi connectivity index (χ4n) is 0.898. The third-order valence-electron chi connectivity index (χ3n) is 1.10. The van der Waals surface area contributed by atoms with Gasteiger partial charge in [-0.05, 0) is 0 Å². The molecule has 0 bridgehead atoms. The van der Waals surface area contributed by atoms with Crippen molar-refractivity contribution in [1.82, 2.24) is 0 Å². The van der Waals surface area contributed by atoms with Crippen LogP contribution in [0.2, 0.25) is 0 Å². The Labute approximate surface area is 104 Å². The maximum atomic E-state index is 5.99. The second-order valence-electron chi connectivity index (χ2n) is 3.98. The molecule has 0 fully saturated rings. The van der Waals surface area contributed by atoms with Crippen molar-refractivity contribution in [2.24, 2.45) is 0 Å². The van der Waals surface area contributed by atoms with Gasteiger partial charge in [-0.1, -0.05) is 0 Å². The Hall–Kier alpha value is 1.12. The van der Waals surface area contributed by atoms with Crippen molar-refractivity contribution in [1.29, 1.82) is 0 Å². The maximum absolute atomic E-state index is 5.99. The number of hydrogen-bond donors (Lipinski definition) is 0. The molecule has 0 saturated carbocycles. The fraction of sp³-hybridized carbons (Fsp3) is 1.00. The molecule has 0 aromatic carbocycles. The summed E-state index contributed by atoms with van der Waals surface area (Å²) in [6.07, 6.45) is 0.198. The normalized spacial score (nSPS) is 13.2. The second kappa shape index (κ2) is 7.45. The Morgan fingerprint density at radius 3 is 1.20 bits per heavy atom. The molecule has 0 aliphatic rings. The summed E-state index contributed by atoms with van der Waals surface area (Å²) >= 11 is -0.300. The van der Waals surface area contributed by atoms with E-state index < -0.39 is 6.63 Å². The van der Waals surface area contributed by atoms with Gasteiger partial charge in [-0.25, -0.2) is 0 Å². The molecule has 0 spiro atoms. The Morgan fingerprint density at radius 2 is 1.07 bits per heavy atom. The predicted octanol–water partition coefficient (Wildman–Crippen LogP) is 3.80. The summed E-state index contributed by atoms with van der Waals surface area (Å²) in [5, 5.41) is 0. The van der Waals surface area contributed by atoms with Gasteiger partial charge < -0.3 is 0 Å². The van der Waals surface area contributed by atoms with Crippen LogP contribution in [0.1, 0.15) is 41.5 Å². The van der Waals surface area contributed by atoms with Crippen molar-refractivity contribution in [2.75, 3.05) is 0 Å². The van der Waals surface area contributed by atoms with Crippen LogP contribution in [0, 0.1) is 0 Å². The van der Waals surface area contributed by atoms with Crippen molar-refractivity contribution in [3.8, 4) is 0 Å². The van der Waals surface area contributed by atoms with Crippen LogP contribution in [-0.2, 0) is 13.6 Å². The molecular weight excluding hydrogens is 301 g/mol. The van der Waals surface area contributed by atoms with Gasteiger partial charge in [-0.2, -0.15) is 0 Å². The van der Waals surface area contributed by atoms with Crippen LogP contribution in [0.15, 0.2) is 0 Å². The monoisotopic (exact) mass is 323 g/mol. The summed E-state index contributed by atoms with van der Waals surface area (Å²) in [6.45, 7) is 9.46. The van der Waals surface area contributed by atoms with Crippen molar-refractivity contribution >= 4 is 30.3 Å². The molecule has 0 aliphatic heterocycles. The van der Waals surface area contributed by atoms with Gasteiger partial charge in [0.25, 0.3) is 0 Å². The van der Waals surface area contributed by atoms with Crippen LogP contribution < -0.4 is 0 Å². The zero-order chi connectivity index (χ0) is 12.1. The molecule has 0 unspecified atom stereocenters. The zero-order valence-corrected chi connectivity index (χ0v) is 13.6. The molecule has 0 aromatic heterocycles. The van der Waals surface area contributed by atoms with E-state index in [4.69, 9.17) is 23.7 Å². The molecule has 0 heterocycles. The van der Waals surface area contributed by atoms with Crippen molar-refractivity contribution in [3.63, 3.8) is 0 Å². The van der Waals surface area contributed by atoms with Gasteiger partial charge in [0.05, 0.1) is 0 Å². The summed E-state index contributed by atoms with van der Waals surface area (Å²) < 4.78 is 17.3. The fourth-order valence-corrected chi connectivity index (χ4v) is 8.08. The van der Waals surface area contributed by atoms with Crippen LogP contribution in [0.4, 0.5) is 0 Å². The second-order valence-corrected chi connectivity index (χ2v) is 11.5. The summed E-state index contributed by atoms with van der Waals surface area (Å²) in [4.78, 5) is 0. The van der Waals surface area contributed by atoms with Crippen molar-refractivity contribution in [3.05, 3.63) is 0 Å². The van der Waals surface area contributed by atoms with Crippen molar-refractivity contribution < 1.29 is 13.6 Å². The van der Waals surface area contributed by atoms with Gasteiger partial charge >= 0.3 is 104 Å². The third kappa shape index (κ3) is 7.12. The first kappa shape index (κ1) is 16.1. The minimum absolute atomic E-state index is 0.0662. The zero-order valence-electron chi connectivity index (χ0n) is 10.2. The summed E-state index contributed by atoms with van der Waals surface area (Å²) in [7, 11) is 5.99. The quantitative estimate of drug-likeness (QED) is 0.527. The van der Waals surface area contributed by atoms with E-state index in [9.17, 15) is 0 Å². The Bertz CT molecular complexity index is 152. The Kier molecular flexibility index (Phi) is 8.00. The Balaban J connectivity index is 4.59. The van der Waals surface area contributed by atoms with E-state index in [0.29, 0.717) is 0 Å². The molecule has 0 atom stereocenters. The van der Waals surface area contributed by atoms with Crippen molar-refractivity contribution in [2.45, 2.75) is 59.9 Å². The molecule has 0 aromatic rings. The topological polar surface area (TPSA) is 27.7 Å². The molecule has 0 saturated heterocycles. The summed E-state index contributed by atoms with van der Waals surface area (Å²) in [6, 6.07) is 0. The van der Waals surface area contributed by atoms with Crippen LogP contribution in [0.3, 0.4) is 0 Å². The first-order valence-corrected chi connectivity index (χ1v) is 11.1. The third-order valence-corrected chi connectivity index (χ3v) is 8.64. The number of rotatable bonds is 7. The van der Waals surface area contributed by atoms with Crippen LogP contribution in [0.5, 0.6) is 0 Å². The average molecular weight is 323 g/mol. The average Bonchev–Trinajstić information content (AvgIpc) is 1.99. The van der Waals surface area contributed by atoms with Crippen LogP contribution in [0.25, 0.3) is 0 Å². The van der Waals surface area contributed by atoms with Gasteiger partial charge in [0.1, 0.15) is 0 Å². The van der Waals surface area contributed by atoms with E-state index in [0.717, 1.165) is 0 Å². The van der Waals surface area contributed by atoms with Gasteiger partial charge in [0.15, 0.2) is 0 Å². The molecule has 0 aliphatic carbocycles. The van der Waals surface area contributed by atoms with Crippen LogP contribution in [-0.4, -0.2) is 31.9 Å². The minimum atomic E-state index is -2.32. The summed E-state index contributed by atoms with van der Waals surface area (Å²) in [5.41, 5.74) is 0. The first-order chi connectivity index (χ1) is 6.81. The number of halogens is 1. The van der Waals surface area contributed by atoms with Gasteiger partial charge in [-0.15, -0.1) is 0 Å². The molecule has 0 rings (SSSR count). The van der Waals surface area contributed by atoms with E-state index in [2.05, 4.69) is 0 Å². The van der Waals surface area contributed by atoms with E-state index in [1.54, 1.807) is 0 Å². The molecular formula is C9H21ClO3PSe+. The molecule has 92 valence electrons. The molecule has 0 amide bonds. The molecule has 6 heteroatoms. The molecule has 3 nitrogen and oxygen atoms in total. The predicted molar refractivity (Wildman–Crippen MR) is 67.2 cm³/mol. The van der Waals surface area contributed by atoms with E-state index in [1.807, 2.05) is 41.5 Å². The van der Waals surface area contributed by atoms with Gasteiger partial charge in [0.2, 0.25) is 0 Å². The Morgan fingerprint density at radius 1 is 0.800 bits per heavy atom. The summed E-state index contributed by atoms with van der Waals surface area (Å²) in [5.74, 6) is 0. The van der Waals surface area contributed by atoms with E-state index in [1.165, 1.54) is 0 Å². The van der Waals surface area contributed by atoms with E-state index in [-0.39, 0.29) is 31.9 Å². The SMILES string of the molecule is CC(C)O[P+](OC(C)C)(OC(C)C)[Se]Cl. The van der Waals surface area contributed by atoms with Crippen LogP contribution >= 0.6 is 16.7 Å². The molecule has 15 heavy (non-hydrogen) atoms. The number of hydrogen-bond acceptors (Lipinski definition) is 3. The first-order valence-electron chi connectivity index (χ1n) is 5.06. The molecule has 0 radical (unpaired) electrons. The molecule has 0 N–H and O–H groups in total. The van der Waals surface area contributed by atoms with Gasteiger partial charge in [-0.3, -0.25) is 0 Å².